The number of carbonyl (C=O) groups excluding carboxylic acids is 3. The topological polar surface area (TPSA) is 90.8 Å². The summed E-state index contributed by atoms with van der Waals surface area (Å²) in [5.74, 6) is -0.627. The molecular weight excluding hydrogens is 498 g/mol. The molecule has 3 aromatic rings. The first-order chi connectivity index (χ1) is 18.2. The van der Waals surface area contributed by atoms with Gasteiger partial charge < -0.3 is 14.9 Å². The first kappa shape index (κ1) is 26.3. The Balaban J connectivity index is 1.27. The third kappa shape index (κ3) is 5.02. The van der Waals surface area contributed by atoms with Crippen LogP contribution in [0, 0.1) is 12.8 Å². The Bertz CT molecular complexity index is 1350. The number of hydrogen-bond donors (Lipinski definition) is 1. The maximum atomic E-state index is 13.8. The molecule has 0 bridgehead atoms. The number of rotatable bonds is 8. The van der Waals surface area contributed by atoms with E-state index in [4.69, 9.17) is 0 Å². The molecule has 1 saturated heterocycles. The molecule has 8 heteroatoms. The summed E-state index contributed by atoms with van der Waals surface area (Å²) in [7, 11) is 0. The molecule has 3 atom stereocenters. The highest BCUT2D eigenvalue weighted by Crippen LogP contribution is 2.31. The average Bonchev–Trinajstić information content (AvgIpc) is 3.60. The molecule has 2 aliphatic rings. The Morgan fingerprint density at radius 1 is 1.13 bits per heavy atom. The smallest absolute Gasteiger partial charge is 0.255 e. The van der Waals surface area contributed by atoms with Crippen molar-refractivity contribution >= 4 is 28.9 Å². The van der Waals surface area contributed by atoms with E-state index >= 15 is 0 Å². The van der Waals surface area contributed by atoms with Gasteiger partial charge in [0.05, 0.1) is 28.2 Å². The molecule has 1 N–H and O–H groups in total. The van der Waals surface area contributed by atoms with Crippen LogP contribution in [0.5, 0.6) is 0 Å². The number of likely N-dealkylation sites (tertiary alicyclic amines) is 1. The van der Waals surface area contributed by atoms with Gasteiger partial charge in [0.25, 0.3) is 5.91 Å². The van der Waals surface area contributed by atoms with Gasteiger partial charge in [-0.3, -0.25) is 14.4 Å². The van der Waals surface area contributed by atoms with Crippen molar-refractivity contribution in [2.45, 2.75) is 64.8 Å². The second-order valence-corrected chi connectivity index (χ2v) is 11.5. The van der Waals surface area contributed by atoms with Crippen LogP contribution in [0.2, 0.25) is 0 Å². The van der Waals surface area contributed by atoms with E-state index in [2.05, 4.69) is 4.98 Å². The lowest BCUT2D eigenvalue weighted by molar-refractivity contribution is -0.142. The summed E-state index contributed by atoms with van der Waals surface area (Å²) in [5.41, 5.74) is 6.51. The molecule has 2 aromatic carbocycles. The lowest BCUT2D eigenvalue weighted by Gasteiger charge is -2.35. The largest absolute Gasteiger partial charge is 0.391 e. The van der Waals surface area contributed by atoms with Gasteiger partial charge in [0.2, 0.25) is 5.91 Å². The highest BCUT2D eigenvalue weighted by Gasteiger charge is 2.45. The molecule has 0 saturated carbocycles. The van der Waals surface area contributed by atoms with Gasteiger partial charge >= 0.3 is 0 Å². The minimum absolute atomic E-state index is 0.0594. The molecule has 0 aliphatic carbocycles. The molecule has 2 amide bonds. The standard InChI is InChI=1S/C30H33N3O4S/c1-18(2)27(33-15-22-6-4-5-7-24(22)29(33)36)30(37)32-16-23(34)14-25(32)26(35)13-10-20-8-11-21(12-9-20)28-19(3)31-17-38-28/h4-9,11-12,17-18,23,25,27,34H,10,13-16H2,1-3H3/t23-,25+,27+/m1/s1. The van der Waals surface area contributed by atoms with Crippen molar-refractivity contribution < 1.29 is 19.5 Å². The van der Waals surface area contributed by atoms with Crippen LogP contribution in [-0.4, -0.2) is 62.2 Å². The van der Waals surface area contributed by atoms with Crippen LogP contribution < -0.4 is 0 Å². The van der Waals surface area contributed by atoms with Gasteiger partial charge in [-0.15, -0.1) is 11.3 Å². The summed E-state index contributed by atoms with van der Waals surface area (Å²) < 4.78 is 0. The molecule has 2 aliphatic heterocycles. The van der Waals surface area contributed by atoms with Gasteiger partial charge in [-0.2, -0.15) is 0 Å². The van der Waals surface area contributed by atoms with Gasteiger partial charge in [-0.25, -0.2) is 4.98 Å². The zero-order valence-electron chi connectivity index (χ0n) is 22.0. The van der Waals surface area contributed by atoms with Crippen molar-refractivity contribution in [1.82, 2.24) is 14.8 Å². The molecular formula is C30H33N3O4S. The fourth-order valence-corrected chi connectivity index (χ4v) is 6.46. The van der Waals surface area contributed by atoms with Crippen molar-refractivity contribution in [3.05, 3.63) is 76.4 Å². The number of fused-ring (bicyclic) bond motifs is 1. The van der Waals surface area contributed by atoms with Crippen LogP contribution in [0.3, 0.4) is 0 Å². The van der Waals surface area contributed by atoms with Crippen molar-refractivity contribution in [2.24, 2.45) is 5.92 Å². The van der Waals surface area contributed by atoms with E-state index in [0.29, 0.717) is 18.5 Å². The number of aryl methyl sites for hydroxylation is 2. The van der Waals surface area contributed by atoms with Crippen LogP contribution in [0.1, 0.15) is 53.9 Å². The van der Waals surface area contributed by atoms with Gasteiger partial charge in [0.1, 0.15) is 6.04 Å². The monoisotopic (exact) mass is 531 g/mol. The molecule has 38 heavy (non-hydrogen) atoms. The minimum Gasteiger partial charge on any atom is -0.391 e. The number of ketones is 1. The highest BCUT2D eigenvalue weighted by atomic mass is 32.1. The Morgan fingerprint density at radius 3 is 2.53 bits per heavy atom. The summed E-state index contributed by atoms with van der Waals surface area (Å²) >= 11 is 1.61. The van der Waals surface area contributed by atoms with Crippen molar-refractivity contribution in [3.63, 3.8) is 0 Å². The summed E-state index contributed by atoms with van der Waals surface area (Å²) in [5, 5.41) is 10.4. The Labute approximate surface area is 227 Å². The summed E-state index contributed by atoms with van der Waals surface area (Å²) in [6, 6.07) is 14.2. The fourth-order valence-electron chi connectivity index (χ4n) is 5.65. The van der Waals surface area contributed by atoms with Gasteiger partial charge in [0, 0.05) is 31.5 Å². The number of aromatic nitrogens is 1. The van der Waals surface area contributed by atoms with E-state index in [1.807, 2.05) is 68.7 Å². The molecule has 7 nitrogen and oxygen atoms in total. The second kappa shape index (κ2) is 10.8. The van der Waals surface area contributed by atoms with Gasteiger partial charge in [-0.1, -0.05) is 56.3 Å². The lowest BCUT2D eigenvalue weighted by Crippen LogP contribution is -2.54. The molecule has 0 radical (unpaired) electrons. The van der Waals surface area contributed by atoms with Crippen molar-refractivity contribution in [1.29, 1.82) is 0 Å². The number of aliphatic hydroxyl groups excluding tert-OH is 1. The lowest BCUT2D eigenvalue weighted by atomic mass is 9.98. The zero-order chi connectivity index (χ0) is 27.0. The van der Waals surface area contributed by atoms with Crippen molar-refractivity contribution in [3.8, 4) is 10.4 Å². The number of thiazole rings is 1. The number of nitrogens with zero attached hydrogens (tertiary/aromatic N) is 3. The summed E-state index contributed by atoms with van der Waals surface area (Å²) in [6.45, 7) is 6.30. The predicted octanol–water partition coefficient (Wildman–Crippen LogP) is 4.26. The first-order valence-electron chi connectivity index (χ1n) is 13.1. The Morgan fingerprint density at radius 2 is 1.87 bits per heavy atom. The van der Waals surface area contributed by atoms with E-state index in [0.717, 1.165) is 27.3 Å². The van der Waals surface area contributed by atoms with Crippen LogP contribution in [0.15, 0.2) is 54.0 Å². The minimum atomic E-state index is -0.755. The third-order valence-corrected chi connectivity index (χ3v) is 8.60. The molecule has 198 valence electrons. The number of carbonyl (C=O) groups is 3. The molecule has 0 unspecified atom stereocenters. The first-order valence-corrected chi connectivity index (χ1v) is 14.0. The van der Waals surface area contributed by atoms with E-state index in [1.165, 1.54) is 4.90 Å². The summed E-state index contributed by atoms with van der Waals surface area (Å²) in [4.78, 5) is 48.9. The summed E-state index contributed by atoms with van der Waals surface area (Å²) in [6.07, 6.45) is 0.311. The predicted molar refractivity (Wildman–Crippen MR) is 147 cm³/mol. The van der Waals surface area contributed by atoms with Crippen LogP contribution in [-0.2, 0) is 22.6 Å². The molecule has 1 fully saturated rings. The highest BCUT2D eigenvalue weighted by molar-refractivity contribution is 7.13. The van der Waals surface area contributed by atoms with E-state index < -0.39 is 18.2 Å². The average molecular weight is 532 g/mol. The number of amides is 2. The Kier molecular flexibility index (Phi) is 7.45. The number of hydrogen-bond acceptors (Lipinski definition) is 6. The number of Topliss-reactive ketones (excluding diaryl/α,β-unsaturated/α-hetero) is 1. The van der Waals surface area contributed by atoms with Gasteiger partial charge in [-0.05, 0) is 42.0 Å². The fraction of sp³-hybridized carbons (Fsp3) is 0.400. The third-order valence-electron chi connectivity index (χ3n) is 7.63. The van der Waals surface area contributed by atoms with E-state index in [1.54, 1.807) is 22.3 Å². The van der Waals surface area contributed by atoms with Crippen molar-refractivity contribution in [2.75, 3.05) is 6.54 Å². The molecule has 0 spiro atoms. The number of β-amino-alcohol motifs (C(OH)–C–C–N with tert-alkyl or cyclic N) is 1. The van der Waals surface area contributed by atoms with Crippen LogP contribution >= 0.6 is 11.3 Å². The normalized spacial score (nSPS) is 19.8. The number of aliphatic hydroxyl groups is 1. The molecule has 3 heterocycles. The SMILES string of the molecule is Cc1ncsc1-c1ccc(CCC(=O)[C@@H]2C[C@@H](O)CN2C(=O)[C@H](C(C)C)N2Cc3ccccc3C2=O)cc1. The molecule has 1 aromatic heterocycles. The zero-order valence-corrected chi connectivity index (χ0v) is 22.8. The van der Waals surface area contributed by atoms with Crippen LogP contribution in [0.4, 0.5) is 0 Å². The van der Waals surface area contributed by atoms with Crippen LogP contribution in [0.25, 0.3) is 10.4 Å². The van der Waals surface area contributed by atoms with Gasteiger partial charge in [0.15, 0.2) is 5.78 Å². The second-order valence-electron chi connectivity index (χ2n) is 10.6. The maximum Gasteiger partial charge on any atom is 0.255 e. The van der Waals surface area contributed by atoms with E-state index in [-0.39, 0.29) is 42.9 Å². The maximum absolute atomic E-state index is 13.8. The quantitative estimate of drug-likeness (QED) is 0.469. The number of benzene rings is 2. The Hall–Kier alpha value is -3.36. The molecule has 5 rings (SSSR count). The van der Waals surface area contributed by atoms with E-state index in [9.17, 15) is 19.5 Å².